The van der Waals surface area contributed by atoms with Crippen LogP contribution < -0.4 is 10.6 Å². The van der Waals surface area contributed by atoms with Crippen LogP contribution in [-0.2, 0) is 17.8 Å². The molecule has 230 valence electrons. The number of likely N-dealkylation sites (tertiary alicyclic amines) is 1. The number of nitrogens with one attached hydrogen (secondary N) is 2. The Hall–Kier alpha value is -3.22. The Morgan fingerprint density at radius 3 is 2.40 bits per heavy atom. The van der Waals surface area contributed by atoms with Crippen LogP contribution in [0.15, 0.2) is 54.5 Å². The van der Waals surface area contributed by atoms with Gasteiger partial charge in [-0.25, -0.2) is 4.39 Å². The summed E-state index contributed by atoms with van der Waals surface area (Å²) in [6.07, 6.45) is 6.99. The quantitative estimate of drug-likeness (QED) is 0.145. The van der Waals surface area contributed by atoms with Gasteiger partial charge in [-0.05, 0) is 82.1 Å². The highest BCUT2D eigenvalue weighted by atomic mass is 19.4. The van der Waals surface area contributed by atoms with Gasteiger partial charge in [-0.15, -0.1) is 0 Å². The number of ether oxygens (including phenoxy) is 1. The smallest absolute Gasteiger partial charge is 0.406 e. The van der Waals surface area contributed by atoms with Crippen molar-refractivity contribution in [2.75, 3.05) is 33.8 Å². The predicted molar refractivity (Wildman–Crippen MR) is 162 cm³/mol. The van der Waals surface area contributed by atoms with Gasteiger partial charge in [0, 0.05) is 23.5 Å². The van der Waals surface area contributed by atoms with E-state index in [1.54, 1.807) is 30.4 Å². The first-order valence-corrected chi connectivity index (χ1v) is 14.6. The Labute approximate surface area is 247 Å². The Bertz CT molecular complexity index is 1300. The molecule has 9 heteroatoms. The standard InChI is InChI=1S/C28H34F4N4O.C5H10/c1-5-8-25(27(6-2)37-4)33-12-7-9-23-16-20-15-21(18-34-22-10-13-35(3)14-11-22)24(29)17-26(20)36(23)19-28(30,31)32;1-5-3-2-4-5/h5-6,8,15-17,22,33-34H,1,10-14,18-19H2,2-4H3;5H,2-4H2,1H3/b25-8+,27-6+;. The number of benzene rings is 1. The Kier molecular flexibility index (Phi) is 12.6. The van der Waals surface area contributed by atoms with E-state index in [9.17, 15) is 17.6 Å². The van der Waals surface area contributed by atoms with Crippen molar-refractivity contribution < 1.29 is 22.3 Å². The first kappa shape index (κ1) is 33.3. The molecule has 1 aromatic heterocycles. The molecule has 1 aliphatic carbocycles. The van der Waals surface area contributed by atoms with E-state index in [1.807, 2.05) is 6.92 Å². The minimum atomic E-state index is -4.48. The zero-order chi connectivity index (χ0) is 30.7. The van der Waals surface area contributed by atoms with Gasteiger partial charge < -0.3 is 24.8 Å². The summed E-state index contributed by atoms with van der Waals surface area (Å²) in [4.78, 5) is 2.25. The fourth-order valence-corrected chi connectivity index (χ4v) is 5.00. The summed E-state index contributed by atoms with van der Waals surface area (Å²) in [5.74, 6) is 6.80. The largest absolute Gasteiger partial charge is 0.495 e. The molecular formula is C33H44F4N4O. The molecule has 2 heterocycles. The van der Waals surface area contributed by atoms with Crippen molar-refractivity contribution in [3.8, 4) is 11.8 Å². The molecule has 0 unspecified atom stereocenters. The van der Waals surface area contributed by atoms with E-state index in [4.69, 9.17) is 4.74 Å². The van der Waals surface area contributed by atoms with Crippen molar-refractivity contribution >= 4 is 10.9 Å². The second-order valence-electron chi connectivity index (χ2n) is 11.1. The van der Waals surface area contributed by atoms with Gasteiger partial charge in [-0.1, -0.05) is 44.8 Å². The second-order valence-corrected chi connectivity index (χ2v) is 11.1. The molecule has 1 saturated heterocycles. The summed E-state index contributed by atoms with van der Waals surface area (Å²) >= 11 is 0. The summed E-state index contributed by atoms with van der Waals surface area (Å²) in [7, 11) is 3.60. The van der Waals surface area contributed by atoms with E-state index < -0.39 is 18.5 Å². The topological polar surface area (TPSA) is 41.5 Å². The lowest BCUT2D eigenvalue weighted by atomic mass is 9.88. The average Bonchev–Trinajstić information content (AvgIpc) is 3.24. The van der Waals surface area contributed by atoms with Gasteiger partial charge in [0.15, 0.2) is 0 Å². The third-order valence-corrected chi connectivity index (χ3v) is 7.72. The van der Waals surface area contributed by atoms with Gasteiger partial charge in [-0.3, -0.25) is 0 Å². The minimum absolute atomic E-state index is 0.161. The maximum Gasteiger partial charge on any atom is 0.406 e. The summed E-state index contributed by atoms with van der Waals surface area (Å²) in [6, 6.07) is 4.67. The summed E-state index contributed by atoms with van der Waals surface area (Å²) in [6.45, 7) is 8.97. The van der Waals surface area contributed by atoms with Crippen LogP contribution in [0.3, 0.4) is 0 Å². The summed E-state index contributed by atoms with van der Waals surface area (Å²) in [5.41, 5.74) is 1.41. The normalized spacial score (nSPS) is 17.1. The number of allylic oxidation sites excluding steroid dienone is 3. The van der Waals surface area contributed by atoms with E-state index in [0.29, 0.717) is 29.0 Å². The third-order valence-electron chi connectivity index (χ3n) is 7.72. The number of alkyl halides is 3. The number of nitrogens with zero attached hydrogens (tertiary/aromatic N) is 2. The Balaban J connectivity index is 0.000000873. The second kappa shape index (κ2) is 15.9. The van der Waals surface area contributed by atoms with E-state index in [-0.39, 0.29) is 23.8 Å². The lowest BCUT2D eigenvalue weighted by Gasteiger charge is -2.29. The third kappa shape index (κ3) is 9.95. The molecule has 2 N–H and O–H groups in total. The van der Waals surface area contributed by atoms with Crippen LogP contribution >= 0.6 is 0 Å². The molecule has 0 atom stereocenters. The number of methoxy groups -OCH3 is 1. The lowest BCUT2D eigenvalue weighted by molar-refractivity contribution is -0.140. The van der Waals surface area contributed by atoms with Gasteiger partial charge in [0.2, 0.25) is 0 Å². The van der Waals surface area contributed by atoms with E-state index in [2.05, 4.69) is 47.9 Å². The molecule has 4 rings (SSSR count). The Morgan fingerprint density at radius 1 is 1.17 bits per heavy atom. The van der Waals surface area contributed by atoms with Gasteiger partial charge >= 0.3 is 6.18 Å². The molecular weight excluding hydrogens is 544 g/mol. The average molecular weight is 589 g/mol. The molecule has 0 amide bonds. The van der Waals surface area contributed by atoms with Crippen molar-refractivity contribution in [1.29, 1.82) is 0 Å². The Morgan fingerprint density at radius 2 is 1.86 bits per heavy atom. The van der Waals surface area contributed by atoms with Crippen LogP contribution in [0.2, 0.25) is 0 Å². The number of hydrogen-bond acceptors (Lipinski definition) is 4. The molecule has 0 radical (unpaired) electrons. The van der Waals surface area contributed by atoms with Crippen molar-refractivity contribution in [3.05, 3.63) is 71.5 Å². The zero-order valence-electron chi connectivity index (χ0n) is 25.2. The van der Waals surface area contributed by atoms with E-state index in [1.165, 1.54) is 32.4 Å². The maximum atomic E-state index is 14.9. The number of hydrogen-bond donors (Lipinski definition) is 2. The van der Waals surface area contributed by atoms with Crippen molar-refractivity contribution in [1.82, 2.24) is 20.1 Å². The molecule has 1 aliphatic heterocycles. The lowest BCUT2D eigenvalue weighted by Crippen LogP contribution is -2.40. The molecule has 0 spiro atoms. The predicted octanol–water partition coefficient (Wildman–Crippen LogP) is 6.89. The first-order valence-electron chi connectivity index (χ1n) is 14.6. The van der Waals surface area contributed by atoms with Crippen LogP contribution in [0, 0.1) is 23.6 Å². The summed E-state index contributed by atoms with van der Waals surface area (Å²) < 4.78 is 61.4. The molecule has 2 aromatic rings. The van der Waals surface area contributed by atoms with Crippen molar-refractivity contribution in [2.24, 2.45) is 5.92 Å². The van der Waals surface area contributed by atoms with Crippen molar-refractivity contribution in [2.45, 2.75) is 71.3 Å². The highest BCUT2D eigenvalue weighted by Gasteiger charge is 2.30. The number of aromatic nitrogens is 1. The number of halogens is 4. The van der Waals surface area contributed by atoms with Gasteiger partial charge in [-0.2, -0.15) is 13.2 Å². The van der Waals surface area contributed by atoms with E-state index in [0.717, 1.165) is 36.4 Å². The van der Waals surface area contributed by atoms with E-state index >= 15 is 0 Å². The fraction of sp³-hybridized carbons (Fsp3) is 0.515. The highest BCUT2D eigenvalue weighted by Crippen LogP contribution is 2.28. The molecule has 42 heavy (non-hydrogen) atoms. The minimum Gasteiger partial charge on any atom is -0.495 e. The SMILES string of the molecule is C=C/C=C(NCC#Cc1cc2cc(CNC3CCN(C)CC3)c(F)cc2n1CC(F)(F)F)\C(=C/C)OC.CC1CCC1. The molecule has 1 aromatic carbocycles. The van der Waals surface area contributed by atoms with Crippen molar-refractivity contribution in [3.63, 3.8) is 0 Å². The first-order chi connectivity index (χ1) is 20.0. The van der Waals surface area contributed by atoms with Gasteiger partial charge in [0.25, 0.3) is 0 Å². The number of fused-ring (bicyclic) bond motifs is 1. The van der Waals surface area contributed by atoms with Crippen LogP contribution in [-0.4, -0.2) is 55.5 Å². The van der Waals surface area contributed by atoms with Crippen LogP contribution in [0.5, 0.6) is 0 Å². The molecule has 5 nitrogen and oxygen atoms in total. The fourth-order valence-electron chi connectivity index (χ4n) is 5.00. The van der Waals surface area contributed by atoms with Crippen LogP contribution in [0.1, 0.15) is 57.2 Å². The van der Waals surface area contributed by atoms with Crippen LogP contribution in [0.4, 0.5) is 17.6 Å². The number of rotatable bonds is 9. The summed E-state index contributed by atoms with van der Waals surface area (Å²) in [5, 5.41) is 6.99. The van der Waals surface area contributed by atoms with Gasteiger partial charge in [0.05, 0.1) is 30.6 Å². The zero-order valence-corrected chi connectivity index (χ0v) is 25.2. The molecule has 1 saturated carbocycles. The highest BCUT2D eigenvalue weighted by molar-refractivity contribution is 5.83. The molecule has 2 fully saturated rings. The van der Waals surface area contributed by atoms with Crippen LogP contribution in [0.25, 0.3) is 10.9 Å². The number of piperidine rings is 1. The molecule has 0 bridgehead atoms. The van der Waals surface area contributed by atoms with Gasteiger partial charge in [0.1, 0.15) is 18.1 Å². The molecule has 2 aliphatic rings. The monoisotopic (exact) mass is 588 g/mol. The maximum absolute atomic E-state index is 14.9.